The van der Waals surface area contributed by atoms with Crippen molar-refractivity contribution >= 4 is 52.1 Å². The van der Waals surface area contributed by atoms with Crippen LogP contribution in [0.3, 0.4) is 0 Å². The summed E-state index contributed by atoms with van der Waals surface area (Å²) >= 11 is 12.2. The van der Waals surface area contributed by atoms with Crippen LogP contribution in [0.5, 0.6) is 0 Å². The molecule has 2 aromatic rings. The predicted molar refractivity (Wildman–Crippen MR) is 109 cm³/mol. The zero-order valence-electron chi connectivity index (χ0n) is 15.3. The number of ketones is 2. The summed E-state index contributed by atoms with van der Waals surface area (Å²) in [7, 11) is 0. The normalized spacial score (nSPS) is 10.6. The van der Waals surface area contributed by atoms with E-state index in [2.05, 4.69) is 5.32 Å². The fourth-order valence-corrected chi connectivity index (χ4v) is 3.74. The van der Waals surface area contributed by atoms with Gasteiger partial charge in [0.2, 0.25) is 5.91 Å². The summed E-state index contributed by atoms with van der Waals surface area (Å²) < 4.78 is 0. The van der Waals surface area contributed by atoms with Crippen molar-refractivity contribution < 1.29 is 14.4 Å². The minimum Gasteiger partial charge on any atom is -0.399 e. The van der Waals surface area contributed by atoms with Gasteiger partial charge in [-0.3, -0.25) is 14.4 Å². The molecule has 0 fully saturated rings. The number of nitrogens with one attached hydrogen (secondary N) is 1. The number of anilines is 2. The van der Waals surface area contributed by atoms with Crippen molar-refractivity contribution in [2.24, 2.45) is 0 Å². The van der Waals surface area contributed by atoms with Crippen molar-refractivity contribution in [1.29, 1.82) is 0 Å². The molecule has 2 rings (SSSR count). The number of amides is 1. The van der Waals surface area contributed by atoms with E-state index in [9.17, 15) is 14.4 Å². The van der Waals surface area contributed by atoms with Gasteiger partial charge in [0.25, 0.3) is 0 Å². The minimum atomic E-state index is -0.335. The summed E-state index contributed by atoms with van der Waals surface area (Å²) in [4.78, 5) is 36.2. The first-order chi connectivity index (χ1) is 12.6. The van der Waals surface area contributed by atoms with Gasteiger partial charge in [-0.2, -0.15) is 0 Å². The number of carbonyl (C=O) groups is 3. The molecule has 1 amide bonds. The van der Waals surface area contributed by atoms with Gasteiger partial charge in [0.15, 0.2) is 11.6 Å². The van der Waals surface area contributed by atoms with E-state index in [1.807, 2.05) is 0 Å². The van der Waals surface area contributed by atoms with E-state index in [1.165, 1.54) is 19.1 Å². The second-order valence-corrected chi connectivity index (χ2v) is 7.19. The monoisotopic (exact) mass is 406 g/mol. The lowest BCUT2D eigenvalue weighted by Crippen LogP contribution is -2.14. The molecule has 27 heavy (non-hydrogen) atoms. The van der Waals surface area contributed by atoms with Gasteiger partial charge in [0.05, 0.1) is 10.0 Å². The number of benzene rings is 2. The highest BCUT2D eigenvalue weighted by Gasteiger charge is 2.17. The average Bonchev–Trinajstić information content (AvgIpc) is 2.50. The van der Waals surface area contributed by atoms with Crippen LogP contribution in [0.15, 0.2) is 24.3 Å². The number of hydrogen-bond donors (Lipinski definition) is 2. The molecule has 0 aliphatic heterocycles. The number of hydrogen-bond acceptors (Lipinski definition) is 4. The molecule has 7 heteroatoms. The summed E-state index contributed by atoms with van der Waals surface area (Å²) in [6.45, 7) is 4.92. The van der Waals surface area contributed by atoms with E-state index < -0.39 is 0 Å². The van der Waals surface area contributed by atoms with E-state index >= 15 is 0 Å². The molecule has 0 aliphatic carbocycles. The van der Waals surface area contributed by atoms with Crippen LogP contribution in [0.25, 0.3) is 0 Å². The van der Waals surface area contributed by atoms with Gasteiger partial charge < -0.3 is 11.1 Å². The Hall–Kier alpha value is -2.37. The zero-order valence-corrected chi connectivity index (χ0v) is 16.8. The van der Waals surface area contributed by atoms with Crippen LogP contribution < -0.4 is 11.1 Å². The van der Waals surface area contributed by atoms with E-state index in [1.54, 1.807) is 26.0 Å². The number of carbonyl (C=O) groups excluding carboxylic acids is 3. The van der Waals surface area contributed by atoms with Gasteiger partial charge in [0.1, 0.15) is 0 Å². The number of nitrogens with two attached hydrogens (primary N) is 1. The molecule has 0 atom stereocenters. The van der Waals surface area contributed by atoms with Gasteiger partial charge in [-0.15, -0.1) is 0 Å². The first-order valence-corrected chi connectivity index (χ1v) is 9.05. The van der Waals surface area contributed by atoms with Gasteiger partial charge in [0, 0.05) is 35.3 Å². The largest absolute Gasteiger partial charge is 0.399 e. The summed E-state index contributed by atoms with van der Waals surface area (Å²) in [5.41, 5.74) is 8.80. The van der Waals surface area contributed by atoms with Crippen molar-refractivity contribution in [2.75, 3.05) is 11.1 Å². The lowest BCUT2D eigenvalue weighted by Gasteiger charge is -2.11. The van der Waals surface area contributed by atoms with Gasteiger partial charge in [-0.1, -0.05) is 23.2 Å². The maximum Gasteiger partial charge on any atom is 0.224 e. The van der Waals surface area contributed by atoms with Crippen LogP contribution in [0.4, 0.5) is 11.4 Å². The zero-order chi connectivity index (χ0) is 20.3. The van der Waals surface area contributed by atoms with E-state index in [-0.39, 0.29) is 40.4 Å². The molecule has 3 N–H and O–H groups in total. The standard InChI is InChI=1S/C20H20Cl2N2O3/c1-10-6-13(23)8-15(21)20(10)17(26)4-5-18(27)24-14-7-11(2)19(12(3)25)16(22)9-14/h6-9H,4-5,23H2,1-3H3,(H,24,27). The van der Waals surface area contributed by atoms with Crippen LogP contribution in [0, 0.1) is 13.8 Å². The van der Waals surface area contributed by atoms with E-state index in [4.69, 9.17) is 28.9 Å². The quantitative estimate of drug-likeness (QED) is 0.521. The molecule has 0 saturated heterocycles. The number of nitrogen functional groups attached to an aromatic ring is 1. The Kier molecular flexibility index (Phi) is 6.63. The fourth-order valence-electron chi connectivity index (χ4n) is 2.96. The lowest BCUT2D eigenvalue weighted by molar-refractivity contribution is -0.116. The van der Waals surface area contributed by atoms with Gasteiger partial charge in [-0.05, 0) is 56.2 Å². The Morgan fingerprint density at radius 3 is 2.07 bits per heavy atom. The highest BCUT2D eigenvalue weighted by atomic mass is 35.5. The molecule has 142 valence electrons. The maximum atomic E-state index is 12.4. The molecule has 0 unspecified atom stereocenters. The van der Waals surface area contributed by atoms with E-state index in [0.717, 1.165) is 0 Å². The highest BCUT2D eigenvalue weighted by molar-refractivity contribution is 6.35. The molecule has 5 nitrogen and oxygen atoms in total. The molecule has 0 heterocycles. The summed E-state index contributed by atoms with van der Waals surface area (Å²) in [6.07, 6.45) is -0.00133. The molecule has 2 aromatic carbocycles. The second-order valence-electron chi connectivity index (χ2n) is 6.37. The Labute approximate surface area is 167 Å². The van der Waals surface area contributed by atoms with Gasteiger partial charge >= 0.3 is 0 Å². The fraction of sp³-hybridized carbons (Fsp3) is 0.250. The number of aryl methyl sites for hydroxylation is 2. The first kappa shape index (κ1) is 20.9. The number of Topliss-reactive ketones (excluding diaryl/α,β-unsaturated/α-hetero) is 2. The molecule has 0 radical (unpaired) electrons. The van der Waals surface area contributed by atoms with Crippen LogP contribution in [0.2, 0.25) is 10.0 Å². The van der Waals surface area contributed by atoms with Crippen molar-refractivity contribution in [1.82, 2.24) is 0 Å². The summed E-state index contributed by atoms with van der Waals surface area (Å²) in [6, 6.07) is 6.37. The number of halogens is 2. The SMILES string of the molecule is CC(=O)c1c(C)cc(NC(=O)CCC(=O)c2c(C)cc(N)cc2Cl)cc1Cl. The molecule has 0 spiro atoms. The predicted octanol–water partition coefficient (Wildman–Crippen LogP) is 5.00. The topological polar surface area (TPSA) is 89.3 Å². The Morgan fingerprint density at radius 2 is 1.52 bits per heavy atom. The lowest BCUT2D eigenvalue weighted by atomic mass is 10.0. The Balaban J connectivity index is 2.05. The van der Waals surface area contributed by atoms with Crippen LogP contribution in [-0.4, -0.2) is 17.5 Å². The maximum absolute atomic E-state index is 12.4. The second kappa shape index (κ2) is 8.55. The van der Waals surface area contributed by atoms with Gasteiger partial charge in [-0.25, -0.2) is 0 Å². The molecule has 0 aliphatic rings. The summed E-state index contributed by atoms with van der Waals surface area (Å²) in [5.74, 6) is -0.705. The van der Waals surface area contributed by atoms with Crippen molar-refractivity contribution in [2.45, 2.75) is 33.6 Å². The van der Waals surface area contributed by atoms with Crippen LogP contribution in [-0.2, 0) is 4.79 Å². The van der Waals surface area contributed by atoms with Crippen molar-refractivity contribution in [3.05, 3.63) is 56.6 Å². The third-order valence-corrected chi connectivity index (χ3v) is 4.69. The first-order valence-electron chi connectivity index (χ1n) is 8.30. The van der Waals surface area contributed by atoms with Crippen LogP contribution >= 0.6 is 23.2 Å². The Morgan fingerprint density at radius 1 is 0.926 bits per heavy atom. The molecular weight excluding hydrogens is 387 g/mol. The minimum absolute atomic E-state index is 0.00849. The average molecular weight is 407 g/mol. The smallest absolute Gasteiger partial charge is 0.224 e. The molecule has 0 saturated carbocycles. The summed E-state index contributed by atoms with van der Waals surface area (Å²) in [5, 5.41) is 3.25. The molecule has 0 bridgehead atoms. The third kappa shape index (κ3) is 5.08. The van der Waals surface area contributed by atoms with Crippen LogP contribution in [0.1, 0.15) is 51.6 Å². The van der Waals surface area contributed by atoms with Crippen molar-refractivity contribution in [3.63, 3.8) is 0 Å². The Bertz CT molecular complexity index is 893. The molecule has 0 aromatic heterocycles. The molecular formula is C20H20Cl2N2O3. The van der Waals surface area contributed by atoms with Crippen molar-refractivity contribution in [3.8, 4) is 0 Å². The third-order valence-electron chi connectivity index (χ3n) is 4.09. The van der Waals surface area contributed by atoms with E-state index in [0.29, 0.717) is 33.6 Å². The number of rotatable bonds is 6. The highest BCUT2D eigenvalue weighted by Crippen LogP contribution is 2.27.